The zero-order valence-electron chi connectivity index (χ0n) is 7.64. The fraction of sp³-hybridized carbons (Fsp3) is 0.400. The van der Waals surface area contributed by atoms with Gasteiger partial charge in [0.15, 0.2) is 0 Å². The van der Waals surface area contributed by atoms with Crippen LogP contribution in [0, 0.1) is 5.92 Å². The quantitative estimate of drug-likeness (QED) is 0.670. The van der Waals surface area contributed by atoms with E-state index in [4.69, 9.17) is 10.2 Å². The molecule has 1 saturated carbocycles. The molecule has 4 nitrogen and oxygen atoms in total. The van der Waals surface area contributed by atoms with Gasteiger partial charge in [-0.1, -0.05) is 11.6 Å². The highest BCUT2D eigenvalue weighted by molar-refractivity contribution is 5.81. The van der Waals surface area contributed by atoms with Gasteiger partial charge in [0, 0.05) is 12.2 Å². The van der Waals surface area contributed by atoms with E-state index in [0.29, 0.717) is 0 Å². The normalized spacial score (nSPS) is 24.6. The second-order valence-electron chi connectivity index (χ2n) is 3.25. The Kier molecular flexibility index (Phi) is 3.45. The van der Waals surface area contributed by atoms with Gasteiger partial charge < -0.3 is 10.2 Å². The van der Waals surface area contributed by atoms with E-state index in [1.807, 2.05) is 0 Å². The summed E-state index contributed by atoms with van der Waals surface area (Å²) in [5.41, 5.74) is 0.815. The van der Waals surface area contributed by atoms with Crippen molar-refractivity contribution in [2.45, 2.75) is 19.3 Å². The summed E-state index contributed by atoms with van der Waals surface area (Å²) in [5, 5.41) is 17.0. The number of rotatable bonds is 3. The van der Waals surface area contributed by atoms with Crippen molar-refractivity contribution in [1.29, 1.82) is 0 Å². The summed E-state index contributed by atoms with van der Waals surface area (Å²) >= 11 is 0. The molecule has 14 heavy (non-hydrogen) atoms. The monoisotopic (exact) mass is 196 g/mol. The molecule has 1 unspecified atom stereocenters. The molecule has 1 aliphatic carbocycles. The van der Waals surface area contributed by atoms with Crippen LogP contribution in [-0.4, -0.2) is 22.2 Å². The lowest BCUT2D eigenvalue weighted by Crippen LogP contribution is -1.98. The number of hydrogen-bond donors (Lipinski definition) is 2. The molecule has 0 spiro atoms. The molecular weight excluding hydrogens is 184 g/mol. The zero-order valence-corrected chi connectivity index (χ0v) is 7.64. The van der Waals surface area contributed by atoms with E-state index in [-0.39, 0.29) is 5.92 Å². The molecule has 1 rings (SSSR count). The largest absolute Gasteiger partial charge is 0.478 e. The van der Waals surface area contributed by atoms with Gasteiger partial charge in [0.1, 0.15) is 0 Å². The van der Waals surface area contributed by atoms with Gasteiger partial charge in [-0.2, -0.15) is 0 Å². The predicted molar refractivity (Wildman–Crippen MR) is 49.8 cm³/mol. The van der Waals surface area contributed by atoms with Crippen LogP contribution in [0.1, 0.15) is 19.3 Å². The summed E-state index contributed by atoms with van der Waals surface area (Å²) in [4.78, 5) is 20.7. The molecule has 0 saturated heterocycles. The van der Waals surface area contributed by atoms with E-state index < -0.39 is 11.9 Å². The van der Waals surface area contributed by atoms with Gasteiger partial charge in [-0.25, -0.2) is 9.59 Å². The van der Waals surface area contributed by atoms with Crippen LogP contribution in [0.4, 0.5) is 0 Å². The number of aliphatic carboxylic acids is 2. The van der Waals surface area contributed by atoms with E-state index in [1.165, 1.54) is 6.08 Å². The number of hydrogen-bond acceptors (Lipinski definition) is 2. The third kappa shape index (κ3) is 3.05. The van der Waals surface area contributed by atoms with E-state index >= 15 is 0 Å². The zero-order chi connectivity index (χ0) is 10.6. The van der Waals surface area contributed by atoms with Crippen LogP contribution in [0.2, 0.25) is 0 Å². The molecule has 1 aliphatic rings. The van der Waals surface area contributed by atoms with Crippen molar-refractivity contribution in [2.24, 2.45) is 5.92 Å². The average Bonchev–Trinajstić information content (AvgIpc) is 2.47. The lowest BCUT2D eigenvalue weighted by Gasteiger charge is -2.03. The van der Waals surface area contributed by atoms with Crippen molar-refractivity contribution in [2.75, 3.05) is 0 Å². The van der Waals surface area contributed by atoms with Crippen LogP contribution >= 0.6 is 0 Å². The number of carboxylic acid groups (broad SMARTS) is 2. The van der Waals surface area contributed by atoms with Crippen LogP contribution in [0.25, 0.3) is 0 Å². The van der Waals surface area contributed by atoms with E-state index in [1.54, 1.807) is 6.08 Å². The van der Waals surface area contributed by atoms with Crippen molar-refractivity contribution in [3.05, 3.63) is 23.8 Å². The van der Waals surface area contributed by atoms with Crippen LogP contribution in [0.15, 0.2) is 23.8 Å². The van der Waals surface area contributed by atoms with Gasteiger partial charge >= 0.3 is 11.9 Å². The first kappa shape index (κ1) is 10.5. The van der Waals surface area contributed by atoms with Gasteiger partial charge in [0.2, 0.25) is 0 Å². The van der Waals surface area contributed by atoms with Crippen molar-refractivity contribution >= 4 is 11.9 Å². The average molecular weight is 196 g/mol. The Morgan fingerprint density at radius 3 is 2.57 bits per heavy atom. The molecule has 0 aromatic heterocycles. The molecule has 0 aromatic rings. The molecular formula is C10H12O4. The Balaban J connectivity index is 2.69. The minimum absolute atomic E-state index is 0.0119. The summed E-state index contributed by atoms with van der Waals surface area (Å²) in [5.74, 6) is -1.97. The first-order valence-electron chi connectivity index (χ1n) is 4.44. The van der Waals surface area contributed by atoms with E-state index in [0.717, 1.165) is 30.9 Å². The number of carboxylic acids is 2. The SMILES string of the molecule is O=C(O)/C=C1/CCCC1/C=C/C(=O)O. The molecule has 0 bridgehead atoms. The van der Waals surface area contributed by atoms with Gasteiger partial charge in [0.25, 0.3) is 0 Å². The molecule has 1 fully saturated rings. The predicted octanol–water partition coefficient (Wildman–Crippen LogP) is 1.44. The lowest BCUT2D eigenvalue weighted by molar-refractivity contribution is -0.132. The molecule has 2 N–H and O–H groups in total. The molecule has 0 amide bonds. The molecule has 76 valence electrons. The van der Waals surface area contributed by atoms with Gasteiger partial charge in [0.05, 0.1) is 0 Å². The molecule has 4 heteroatoms. The first-order valence-corrected chi connectivity index (χ1v) is 4.44. The maximum Gasteiger partial charge on any atom is 0.328 e. The summed E-state index contributed by atoms with van der Waals surface area (Å²) in [7, 11) is 0. The van der Waals surface area contributed by atoms with Crippen molar-refractivity contribution in [3.63, 3.8) is 0 Å². The summed E-state index contributed by atoms with van der Waals surface area (Å²) in [6.45, 7) is 0. The van der Waals surface area contributed by atoms with Crippen molar-refractivity contribution in [3.8, 4) is 0 Å². The second-order valence-corrected chi connectivity index (χ2v) is 3.25. The minimum atomic E-state index is -0.994. The maximum atomic E-state index is 10.4. The Morgan fingerprint density at radius 1 is 1.29 bits per heavy atom. The molecule has 0 aliphatic heterocycles. The van der Waals surface area contributed by atoms with Crippen LogP contribution in [0.3, 0.4) is 0 Å². The van der Waals surface area contributed by atoms with Gasteiger partial charge in [-0.3, -0.25) is 0 Å². The second kappa shape index (κ2) is 4.60. The van der Waals surface area contributed by atoms with Gasteiger partial charge in [-0.15, -0.1) is 0 Å². The maximum absolute atomic E-state index is 10.4. The van der Waals surface area contributed by atoms with Crippen LogP contribution in [0.5, 0.6) is 0 Å². The Labute approximate surface area is 81.6 Å². The molecule has 0 aromatic carbocycles. The first-order chi connectivity index (χ1) is 6.59. The Morgan fingerprint density at radius 2 is 2.00 bits per heavy atom. The highest BCUT2D eigenvalue weighted by atomic mass is 16.4. The lowest BCUT2D eigenvalue weighted by atomic mass is 10.0. The van der Waals surface area contributed by atoms with E-state index in [2.05, 4.69) is 0 Å². The van der Waals surface area contributed by atoms with E-state index in [9.17, 15) is 9.59 Å². The van der Waals surface area contributed by atoms with Crippen LogP contribution < -0.4 is 0 Å². The fourth-order valence-corrected chi connectivity index (χ4v) is 1.65. The smallest absolute Gasteiger partial charge is 0.328 e. The summed E-state index contributed by atoms with van der Waals surface area (Å²) in [6.07, 6.45) is 6.33. The van der Waals surface area contributed by atoms with Crippen molar-refractivity contribution < 1.29 is 19.8 Å². The summed E-state index contributed by atoms with van der Waals surface area (Å²) < 4.78 is 0. The van der Waals surface area contributed by atoms with Gasteiger partial charge in [-0.05, 0) is 25.2 Å². The topological polar surface area (TPSA) is 74.6 Å². The Bertz CT molecular complexity index is 301. The number of allylic oxidation sites excluding steroid dienone is 2. The third-order valence-corrected chi connectivity index (χ3v) is 2.24. The summed E-state index contributed by atoms with van der Waals surface area (Å²) in [6, 6.07) is 0. The highest BCUT2D eigenvalue weighted by Crippen LogP contribution is 2.31. The molecule has 1 atom stereocenters. The van der Waals surface area contributed by atoms with Crippen LogP contribution in [-0.2, 0) is 9.59 Å². The molecule has 0 heterocycles. The van der Waals surface area contributed by atoms with Crippen molar-refractivity contribution in [1.82, 2.24) is 0 Å². The fourth-order valence-electron chi connectivity index (χ4n) is 1.65. The third-order valence-electron chi connectivity index (χ3n) is 2.24. The minimum Gasteiger partial charge on any atom is -0.478 e. The molecule has 0 radical (unpaired) electrons. The standard InChI is InChI=1S/C10H12O4/c11-9(12)5-4-7-2-1-3-8(7)6-10(13)14/h4-7H,1-3H2,(H,11,12)(H,13,14)/b5-4+,8-6-. The number of carbonyl (C=O) groups is 2. The Hall–Kier alpha value is -1.58. The highest BCUT2D eigenvalue weighted by Gasteiger charge is 2.19.